The lowest BCUT2D eigenvalue weighted by Gasteiger charge is -2.20. The van der Waals surface area contributed by atoms with Gasteiger partial charge in [0.25, 0.3) is 0 Å². The van der Waals surface area contributed by atoms with E-state index in [1.807, 2.05) is 6.07 Å². The lowest BCUT2D eigenvalue weighted by atomic mass is 10.1. The standard InChI is InChI=1S/C16H24N4.HI/c1-11(2)12(3)19-16(17-4)18-10-14-9-13-7-5-6-8-15(13)20-14;/h5-9,11-12,20H,10H2,1-4H3,(H2,17,18,19);1H. The minimum absolute atomic E-state index is 0. The number of nitrogens with one attached hydrogen (secondary N) is 3. The molecule has 1 heterocycles. The summed E-state index contributed by atoms with van der Waals surface area (Å²) >= 11 is 0. The van der Waals surface area contributed by atoms with Gasteiger partial charge in [-0.15, -0.1) is 24.0 Å². The number of para-hydroxylation sites is 1. The Morgan fingerprint density at radius 2 is 1.95 bits per heavy atom. The third-order valence-corrected chi connectivity index (χ3v) is 3.62. The maximum absolute atomic E-state index is 4.26. The molecule has 3 N–H and O–H groups in total. The Labute approximate surface area is 143 Å². The van der Waals surface area contributed by atoms with Crippen LogP contribution in [-0.4, -0.2) is 24.0 Å². The van der Waals surface area contributed by atoms with Crippen molar-refractivity contribution in [3.8, 4) is 0 Å². The average Bonchev–Trinajstić information content (AvgIpc) is 2.85. The molecule has 1 aromatic heterocycles. The Kier molecular flexibility index (Phi) is 7.01. The van der Waals surface area contributed by atoms with Crippen molar-refractivity contribution in [2.24, 2.45) is 10.9 Å². The molecule has 0 aliphatic carbocycles. The highest BCUT2D eigenvalue weighted by Crippen LogP contribution is 2.14. The minimum atomic E-state index is 0. The smallest absolute Gasteiger partial charge is 0.191 e. The fraction of sp³-hybridized carbons (Fsp3) is 0.438. The summed E-state index contributed by atoms with van der Waals surface area (Å²) in [5.41, 5.74) is 2.33. The molecule has 21 heavy (non-hydrogen) atoms. The number of aliphatic imine (C=N–C) groups is 1. The van der Waals surface area contributed by atoms with Crippen LogP contribution in [0.3, 0.4) is 0 Å². The molecule has 1 atom stereocenters. The number of aromatic nitrogens is 1. The summed E-state index contributed by atoms with van der Waals surface area (Å²) in [5, 5.41) is 7.97. The average molecular weight is 400 g/mol. The van der Waals surface area contributed by atoms with E-state index in [2.05, 4.69) is 65.6 Å². The fourth-order valence-corrected chi connectivity index (χ4v) is 1.98. The molecule has 0 saturated heterocycles. The second kappa shape index (κ2) is 8.26. The summed E-state index contributed by atoms with van der Waals surface area (Å²) in [6.45, 7) is 7.30. The number of H-pyrrole nitrogens is 1. The maximum Gasteiger partial charge on any atom is 0.191 e. The summed E-state index contributed by atoms with van der Waals surface area (Å²) in [4.78, 5) is 7.67. The van der Waals surface area contributed by atoms with Crippen molar-refractivity contribution in [2.75, 3.05) is 7.05 Å². The number of rotatable bonds is 4. The molecule has 2 aromatic rings. The largest absolute Gasteiger partial charge is 0.357 e. The summed E-state index contributed by atoms with van der Waals surface area (Å²) in [6, 6.07) is 10.9. The molecule has 0 aliphatic heterocycles. The third kappa shape index (κ3) is 4.91. The summed E-state index contributed by atoms with van der Waals surface area (Å²) in [6.07, 6.45) is 0. The molecule has 2 rings (SSSR count). The van der Waals surface area contributed by atoms with Gasteiger partial charge in [-0.05, 0) is 30.4 Å². The number of hydrogen-bond donors (Lipinski definition) is 3. The molecule has 1 unspecified atom stereocenters. The zero-order chi connectivity index (χ0) is 14.5. The summed E-state index contributed by atoms with van der Waals surface area (Å²) in [5.74, 6) is 1.41. The topological polar surface area (TPSA) is 52.2 Å². The zero-order valence-electron chi connectivity index (χ0n) is 13.1. The van der Waals surface area contributed by atoms with Gasteiger partial charge in [0, 0.05) is 24.3 Å². The number of fused-ring (bicyclic) bond motifs is 1. The van der Waals surface area contributed by atoms with Gasteiger partial charge in [-0.25, -0.2) is 0 Å². The van der Waals surface area contributed by atoms with Gasteiger partial charge in [0.2, 0.25) is 0 Å². The SMILES string of the molecule is CN=C(NCc1cc2ccccc2[nH]1)NC(C)C(C)C.I. The van der Waals surface area contributed by atoms with E-state index in [-0.39, 0.29) is 24.0 Å². The summed E-state index contributed by atoms with van der Waals surface area (Å²) in [7, 11) is 1.80. The van der Waals surface area contributed by atoms with Crippen LogP contribution in [0.25, 0.3) is 10.9 Å². The van der Waals surface area contributed by atoms with Gasteiger partial charge in [-0.1, -0.05) is 32.0 Å². The maximum atomic E-state index is 4.26. The second-order valence-electron chi connectivity index (χ2n) is 5.48. The van der Waals surface area contributed by atoms with E-state index in [9.17, 15) is 0 Å². The highest BCUT2D eigenvalue weighted by Gasteiger charge is 2.09. The number of hydrogen-bond acceptors (Lipinski definition) is 1. The van der Waals surface area contributed by atoms with Crippen LogP contribution in [-0.2, 0) is 6.54 Å². The second-order valence-corrected chi connectivity index (χ2v) is 5.48. The first-order chi connectivity index (χ1) is 9.60. The number of nitrogens with zero attached hydrogens (tertiary/aromatic N) is 1. The van der Waals surface area contributed by atoms with Gasteiger partial charge in [0.05, 0.1) is 6.54 Å². The van der Waals surface area contributed by atoms with Crippen LogP contribution in [0, 0.1) is 5.92 Å². The van der Waals surface area contributed by atoms with Crippen LogP contribution in [0.1, 0.15) is 26.5 Å². The van der Waals surface area contributed by atoms with E-state index < -0.39 is 0 Å². The molecule has 0 radical (unpaired) electrons. The van der Waals surface area contributed by atoms with Crippen molar-refractivity contribution < 1.29 is 0 Å². The van der Waals surface area contributed by atoms with Gasteiger partial charge in [0.15, 0.2) is 5.96 Å². The molecule has 0 spiro atoms. The van der Waals surface area contributed by atoms with Gasteiger partial charge in [0.1, 0.15) is 0 Å². The molecule has 0 aliphatic rings. The Morgan fingerprint density at radius 3 is 2.57 bits per heavy atom. The predicted octanol–water partition coefficient (Wildman–Crippen LogP) is 3.50. The fourth-order valence-electron chi connectivity index (χ4n) is 1.98. The molecular weight excluding hydrogens is 375 g/mol. The first-order valence-electron chi connectivity index (χ1n) is 7.14. The van der Waals surface area contributed by atoms with Crippen LogP contribution in [0.4, 0.5) is 0 Å². The van der Waals surface area contributed by atoms with E-state index in [0.717, 1.165) is 18.2 Å². The van der Waals surface area contributed by atoms with Gasteiger partial charge < -0.3 is 15.6 Å². The number of benzene rings is 1. The highest BCUT2D eigenvalue weighted by molar-refractivity contribution is 14.0. The molecule has 0 amide bonds. The van der Waals surface area contributed by atoms with Crippen molar-refractivity contribution in [3.05, 3.63) is 36.0 Å². The van der Waals surface area contributed by atoms with Gasteiger partial charge in [-0.3, -0.25) is 4.99 Å². The van der Waals surface area contributed by atoms with E-state index in [1.165, 1.54) is 10.9 Å². The van der Waals surface area contributed by atoms with Crippen LogP contribution in [0.2, 0.25) is 0 Å². The predicted molar refractivity (Wildman–Crippen MR) is 101 cm³/mol. The third-order valence-electron chi connectivity index (χ3n) is 3.62. The van der Waals surface area contributed by atoms with Crippen molar-refractivity contribution in [3.63, 3.8) is 0 Å². The van der Waals surface area contributed by atoms with E-state index in [0.29, 0.717) is 12.0 Å². The Morgan fingerprint density at radius 1 is 1.24 bits per heavy atom. The molecule has 0 bridgehead atoms. The number of halogens is 1. The molecule has 5 heteroatoms. The summed E-state index contributed by atoms with van der Waals surface area (Å²) < 4.78 is 0. The van der Waals surface area contributed by atoms with Crippen molar-refractivity contribution >= 4 is 40.8 Å². The Balaban J connectivity index is 0.00000220. The van der Waals surface area contributed by atoms with Crippen LogP contribution in [0.5, 0.6) is 0 Å². The van der Waals surface area contributed by atoms with Gasteiger partial charge >= 0.3 is 0 Å². The van der Waals surface area contributed by atoms with Crippen molar-refractivity contribution in [1.82, 2.24) is 15.6 Å². The van der Waals surface area contributed by atoms with Gasteiger partial charge in [-0.2, -0.15) is 0 Å². The zero-order valence-corrected chi connectivity index (χ0v) is 15.4. The highest BCUT2D eigenvalue weighted by atomic mass is 127. The first-order valence-corrected chi connectivity index (χ1v) is 7.14. The molecule has 116 valence electrons. The van der Waals surface area contributed by atoms with Crippen LogP contribution < -0.4 is 10.6 Å². The van der Waals surface area contributed by atoms with Crippen LogP contribution in [0.15, 0.2) is 35.3 Å². The lowest BCUT2D eigenvalue weighted by Crippen LogP contribution is -2.43. The van der Waals surface area contributed by atoms with Crippen LogP contribution >= 0.6 is 24.0 Å². The van der Waals surface area contributed by atoms with Crippen molar-refractivity contribution in [2.45, 2.75) is 33.4 Å². The molecular formula is C16H25IN4. The quantitative estimate of drug-likeness (QED) is 0.418. The van der Waals surface area contributed by atoms with E-state index in [1.54, 1.807) is 7.05 Å². The Hall–Kier alpha value is -1.24. The first kappa shape index (κ1) is 17.8. The molecule has 0 fully saturated rings. The molecule has 4 nitrogen and oxygen atoms in total. The molecule has 1 aromatic carbocycles. The number of aromatic amines is 1. The van der Waals surface area contributed by atoms with Crippen molar-refractivity contribution in [1.29, 1.82) is 0 Å². The molecule has 0 saturated carbocycles. The number of guanidine groups is 1. The van der Waals surface area contributed by atoms with E-state index in [4.69, 9.17) is 0 Å². The lowest BCUT2D eigenvalue weighted by molar-refractivity contribution is 0.481. The Bertz CT molecular complexity index is 556. The van der Waals surface area contributed by atoms with E-state index >= 15 is 0 Å². The normalized spacial score (nSPS) is 13.1. The monoisotopic (exact) mass is 400 g/mol. The minimum Gasteiger partial charge on any atom is -0.357 e.